The van der Waals surface area contributed by atoms with Crippen molar-refractivity contribution in [3.8, 4) is 0 Å². The smallest absolute Gasteiger partial charge is 0.212 e. The Bertz CT molecular complexity index is 274. The molecule has 0 spiro atoms. The molecule has 1 nitrogen and oxygen atoms in total. The zero-order chi connectivity index (χ0) is 9.26. The second kappa shape index (κ2) is 4.05. The minimum absolute atomic E-state index is 0.342. The van der Waals surface area contributed by atoms with E-state index in [1.165, 1.54) is 43.4 Å². The van der Waals surface area contributed by atoms with Gasteiger partial charge in [-0.1, -0.05) is 19.3 Å². The monoisotopic (exact) mass is 263 g/mol. The highest BCUT2D eigenvalue weighted by Gasteiger charge is 2.20. The van der Waals surface area contributed by atoms with Crippen LogP contribution in [0.4, 0.5) is 4.39 Å². The Labute approximate surface area is 89.5 Å². The lowest BCUT2D eigenvalue weighted by Gasteiger charge is -2.18. The third-order valence-corrected chi connectivity index (χ3v) is 4.31. The van der Waals surface area contributed by atoms with E-state index in [0.717, 1.165) is 5.01 Å². The van der Waals surface area contributed by atoms with Gasteiger partial charge in [0.2, 0.25) is 5.95 Å². The van der Waals surface area contributed by atoms with Gasteiger partial charge in [0.15, 0.2) is 0 Å². The van der Waals surface area contributed by atoms with Crippen molar-refractivity contribution in [3.63, 3.8) is 0 Å². The summed E-state index contributed by atoms with van der Waals surface area (Å²) >= 11 is 4.62. The Morgan fingerprint density at radius 3 is 2.54 bits per heavy atom. The molecule has 1 aliphatic rings. The van der Waals surface area contributed by atoms with E-state index in [-0.39, 0.29) is 5.95 Å². The van der Waals surface area contributed by atoms with Crippen LogP contribution >= 0.6 is 27.3 Å². The van der Waals surface area contributed by atoms with E-state index in [0.29, 0.717) is 9.70 Å². The number of nitrogens with zero attached hydrogens (tertiary/aromatic N) is 1. The van der Waals surface area contributed by atoms with E-state index in [1.807, 2.05) is 0 Å². The molecule has 1 saturated carbocycles. The van der Waals surface area contributed by atoms with Gasteiger partial charge in [-0.2, -0.15) is 4.39 Å². The van der Waals surface area contributed by atoms with Crippen LogP contribution in [0.3, 0.4) is 0 Å². The summed E-state index contributed by atoms with van der Waals surface area (Å²) in [6.07, 6.45) is 6.22. The Balaban J connectivity index is 2.14. The molecule has 0 amide bonds. The fraction of sp³-hybridized carbons (Fsp3) is 0.667. The molecule has 0 saturated heterocycles. The highest BCUT2D eigenvalue weighted by Crippen LogP contribution is 2.36. The third kappa shape index (κ3) is 2.10. The van der Waals surface area contributed by atoms with Crippen molar-refractivity contribution in [2.45, 2.75) is 38.0 Å². The lowest BCUT2D eigenvalue weighted by molar-refractivity contribution is 0.438. The van der Waals surface area contributed by atoms with Gasteiger partial charge in [-0.25, -0.2) is 4.98 Å². The van der Waals surface area contributed by atoms with Gasteiger partial charge in [-0.3, -0.25) is 0 Å². The summed E-state index contributed by atoms with van der Waals surface area (Å²) in [5, 5.41) is 0.976. The summed E-state index contributed by atoms with van der Waals surface area (Å²) in [4.78, 5) is 3.94. The van der Waals surface area contributed by atoms with Crippen LogP contribution in [0.15, 0.2) is 3.79 Å². The molecule has 1 aromatic rings. The summed E-state index contributed by atoms with van der Waals surface area (Å²) in [5.74, 6) is 0.171. The van der Waals surface area contributed by atoms with Crippen LogP contribution in [0.25, 0.3) is 0 Å². The maximum atomic E-state index is 12.9. The summed E-state index contributed by atoms with van der Waals surface area (Å²) < 4.78 is 13.5. The summed E-state index contributed by atoms with van der Waals surface area (Å²) in [5.41, 5.74) is 0. The van der Waals surface area contributed by atoms with Gasteiger partial charge in [0, 0.05) is 5.92 Å². The molecule has 0 atom stereocenters. The Hall–Kier alpha value is 0.0400. The summed E-state index contributed by atoms with van der Waals surface area (Å²) in [6, 6.07) is 0. The van der Waals surface area contributed by atoms with E-state index in [1.54, 1.807) is 0 Å². The Morgan fingerprint density at radius 1 is 1.31 bits per heavy atom. The second-order valence-corrected chi connectivity index (χ2v) is 5.80. The summed E-state index contributed by atoms with van der Waals surface area (Å²) in [6.45, 7) is 0. The Kier molecular flexibility index (Phi) is 2.99. The molecule has 0 bridgehead atoms. The number of aromatic nitrogens is 1. The van der Waals surface area contributed by atoms with E-state index in [9.17, 15) is 4.39 Å². The quantitative estimate of drug-likeness (QED) is 0.744. The number of rotatable bonds is 1. The molecule has 1 aromatic heterocycles. The molecule has 0 unspecified atom stereocenters. The molecule has 72 valence electrons. The van der Waals surface area contributed by atoms with Crippen molar-refractivity contribution in [2.75, 3.05) is 0 Å². The van der Waals surface area contributed by atoms with Crippen LogP contribution in [-0.2, 0) is 0 Å². The molecule has 1 fully saturated rings. The summed E-state index contributed by atoms with van der Waals surface area (Å²) in [7, 11) is 0. The van der Waals surface area contributed by atoms with Crippen molar-refractivity contribution < 1.29 is 4.39 Å². The molecule has 0 radical (unpaired) electrons. The SMILES string of the molecule is Fc1nc(C2CCCCC2)sc1Br. The zero-order valence-electron chi connectivity index (χ0n) is 7.22. The predicted molar refractivity (Wildman–Crippen MR) is 55.6 cm³/mol. The van der Waals surface area contributed by atoms with Crippen molar-refractivity contribution in [1.29, 1.82) is 0 Å². The maximum Gasteiger partial charge on any atom is 0.238 e. The minimum atomic E-state index is -0.342. The highest BCUT2D eigenvalue weighted by atomic mass is 79.9. The number of hydrogen-bond donors (Lipinski definition) is 0. The van der Waals surface area contributed by atoms with Gasteiger partial charge >= 0.3 is 0 Å². The molecule has 2 rings (SSSR count). The van der Waals surface area contributed by atoms with Gasteiger partial charge in [-0.15, -0.1) is 11.3 Å². The van der Waals surface area contributed by atoms with E-state index >= 15 is 0 Å². The highest BCUT2D eigenvalue weighted by molar-refractivity contribution is 9.11. The van der Waals surface area contributed by atoms with Crippen molar-refractivity contribution in [1.82, 2.24) is 4.98 Å². The van der Waals surface area contributed by atoms with Crippen LogP contribution in [-0.4, -0.2) is 4.98 Å². The van der Waals surface area contributed by atoms with Crippen molar-refractivity contribution >= 4 is 27.3 Å². The van der Waals surface area contributed by atoms with Crippen LogP contribution in [0, 0.1) is 5.95 Å². The first-order valence-corrected chi connectivity index (χ1v) is 6.20. The van der Waals surface area contributed by atoms with Crippen LogP contribution in [0.1, 0.15) is 43.0 Å². The number of halogens is 2. The first-order chi connectivity index (χ1) is 6.27. The molecule has 0 aromatic carbocycles. The number of hydrogen-bond acceptors (Lipinski definition) is 2. The van der Waals surface area contributed by atoms with E-state index < -0.39 is 0 Å². The fourth-order valence-electron chi connectivity index (χ4n) is 1.82. The topological polar surface area (TPSA) is 12.9 Å². The molecule has 1 aliphatic carbocycles. The van der Waals surface area contributed by atoms with Crippen molar-refractivity contribution in [3.05, 3.63) is 14.7 Å². The van der Waals surface area contributed by atoms with E-state index in [2.05, 4.69) is 20.9 Å². The largest absolute Gasteiger partial charge is 0.238 e. The lowest BCUT2D eigenvalue weighted by atomic mass is 9.90. The average Bonchev–Trinajstić information content (AvgIpc) is 2.49. The normalized spacial score (nSPS) is 19.2. The molecule has 0 N–H and O–H groups in total. The fourth-order valence-corrected chi connectivity index (χ4v) is 3.25. The molecule has 1 heterocycles. The van der Waals surface area contributed by atoms with E-state index in [4.69, 9.17) is 0 Å². The van der Waals surface area contributed by atoms with Gasteiger partial charge in [0.05, 0.1) is 0 Å². The second-order valence-electron chi connectivity index (χ2n) is 3.45. The molecule has 4 heteroatoms. The first kappa shape index (κ1) is 9.59. The molecular formula is C9H11BrFNS. The minimum Gasteiger partial charge on any atom is -0.212 e. The van der Waals surface area contributed by atoms with Gasteiger partial charge in [-0.05, 0) is 28.8 Å². The van der Waals surface area contributed by atoms with Crippen LogP contribution < -0.4 is 0 Å². The van der Waals surface area contributed by atoms with Crippen molar-refractivity contribution in [2.24, 2.45) is 0 Å². The first-order valence-electron chi connectivity index (χ1n) is 4.59. The maximum absolute atomic E-state index is 12.9. The average molecular weight is 264 g/mol. The van der Waals surface area contributed by atoms with Gasteiger partial charge < -0.3 is 0 Å². The molecule has 0 aliphatic heterocycles. The van der Waals surface area contributed by atoms with Gasteiger partial charge in [0.25, 0.3) is 0 Å². The Morgan fingerprint density at radius 2 is 2.00 bits per heavy atom. The predicted octanol–water partition coefficient (Wildman–Crippen LogP) is 4.09. The zero-order valence-corrected chi connectivity index (χ0v) is 9.63. The standard InChI is InChI=1S/C9H11BrFNS/c10-7-8(11)12-9(13-7)6-4-2-1-3-5-6/h6H,1-5H2. The number of thiazole rings is 1. The molecular weight excluding hydrogens is 253 g/mol. The van der Waals surface area contributed by atoms with Crippen LogP contribution in [0.5, 0.6) is 0 Å². The molecule has 13 heavy (non-hydrogen) atoms. The third-order valence-electron chi connectivity index (χ3n) is 2.52. The van der Waals surface area contributed by atoms with Gasteiger partial charge in [0.1, 0.15) is 8.79 Å². The van der Waals surface area contributed by atoms with Crippen LogP contribution in [0.2, 0.25) is 0 Å². The lowest BCUT2D eigenvalue weighted by Crippen LogP contribution is -2.03.